The van der Waals surface area contributed by atoms with Crippen molar-refractivity contribution in [3.05, 3.63) is 137 Å². The molecular weight excluding hydrogens is 366 g/mol. The lowest BCUT2D eigenvalue weighted by Crippen LogP contribution is -1.97. The van der Waals surface area contributed by atoms with Crippen LogP contribution in [0, 0.1) is 6.92 Å². The van der Waals surface area contributed by atoms with Gasteiger partial charge in [-0.2, -0.15) is 0 Å². The highest BCUT2D eigenvalue weighted by Crippen LogP contribution is 2.37. The Morgan fingerprint density at radius 3 is 1.63 bits per heavy atom. The molecule has 0 spiro atoms. The summed E-state index contributed by atoms with van der Waals surface area (Å²) in [6.07, 6.45) is 0. The number of oxazole rings is 1. The minimum Gasteiger partial charge on any atom is -0.436 e. The van der Waals surface area contributed by atoms with Crippen LogP contribution in [0.5, 0.6) is 0 Å². The Kier molecular flexibility index (Phi) is 4.74. The van der Waals surface area contributed by atoms with E-state index in [1.807, 2.05) is 24.3 Å². The summed E-state index contributed by atoms with van der Waals surface area (Å²) in [5.74, 6) is 0.629. The predicted octanol–water partition coefficient (Wildman–Crippen LogP) is 7.14. The van der Waals surface area contributed by atoms with E-state index in [0.717, 1.165) is 38.9 Å². The molecule has 0 saturated heterocycles. The lowest BCUT2D eigenvalue weighted by molar-refractivity contribution is 0.585. The molecule has 0 aliphatic rings. The molecule has 0 saturated carbocycles. The summed E-state index contributed by atoms with van der Waals surface area (Å²) in [6, 6.07) is 37.4. The Bertz CT molecular complexity index is 1280. The van der Waals surface area contributed by atoms with Gasteiger partial charge in [0.05, 0.1) is 5.57 Å². The van der Waals surface area contributed by atoms with Crippen LogP contribution >= 0.6 is 0 Å². The highest BCUT2D eigenvalue weighted by Gasteiger charge is 2.20. The maximum Gasteiger partial charge on any atom is 0.228 e. The normalized spacial score (nSPS) is 10.8. The minimum absolute atomic E-state index is 0.629. The number of nitrogens with zero attached hydrogens (tertiary/aromatic N) is 1. The molecule has 0 fully saturated rings. The van der Waals surface area contributed by atoms with Crippen LogP contribution in [-0.2, 0) is 0 Å². The SMILES string of the molecule is Cc1ccc2oc(C(=C(c3ccccc3)c3ccccc3)c3ccccc3)nc2c1. The first-order valence-corrected chi connectivity index (χ1v) is 10.1. The fraction of sp³-hybridized carbons (Fsp3) is 0.0357. The summed E-state index contributed by atoms with van der Waals surface area (Å²) in [5, 5.41) is 0. The maximum atomic E-state index is 6.29. The van der Waals surface area contributed by atoms with Crippen molar-refractivity contribution in [2.24, 2.45) is 0 Å². The topological polar surface area (TPSA) is 26.0 Å². The molecular formula is C28H21NO. The van der Waals surface area contributed by atoms with Gasteiger partial charge in [0.1, 0.15) is 5.52 Å². The van der Waals surface area contributed by atoms with Gasteiger partial charge in [0.25, 0.3) is 0 Å². The van der Waals surface area contributed by atoms with Crippen molar-refractivity contribution in [1.29, 1.82) is 0 Å². The summed E-state index contributed by atoms with van der Waals surface area (Å²) in [7, 11) is 0. The molecule has 0 aliphatic carbocycles. The largest absolute Gasteiger partial charge is 0.436 e. The molecule has 1 aromatic heterocycles. The standard InChI is InChI=1S/C28H21NO/c1-20-17-18-25-24(19-20)29-28(30-25)27(23-15-9-4-10-16-23)26(21-11-5-2-6-12-21)22-13-7-3-8-14-22/h2-19H,1H3. The first-order chi connectivity index (χ1) is 14.8. The lowest BCUT2D eigenvalue weighted by atomic mass is 9.89. The van der Waals surface area contributed by atoms with Gasteiger partial charge < -0.3 is 4.42 Å². The van der Waals surface area contributed by atoms with Crippen molar-refractivity contribution in [1.82, 2.24) is 4.98 Å². The Hall–Kier alpha value is -3.91. The Morgan fingerprint density at radius 2 is 1.10 bits per heavy atom. The maximum absolute atomic E-state index is 6.29. The van der Waals surface area contributed by atoms with Crippen LogP contribution in [0.4, 0.5) is 0 Å². The van der Waals surface area contributed by atoms with Crippen LogP contribution in [0.25, 0.3) is 22.2 Å². The molecule has 2 nitrogen and oxygen atoms in total. The zero-order valence-corrected chi connectivity index (χ0v) is 16.7. The number of aryl methyl sites for hydroxylation is 1. The van der Waals surface area contributed by atoms with Gasteiger partial charge in [0.2, 0.25) is 5.89 Å². The van der Waals surface area contributed by atoms with Crippen LogP contribution in [0.2, 0.25) is 0 Å². The van der Waals surface area contributed by atoms with Gasteiger partial charge in [-0.3, -0.25) is 0 Å². The fourth-order valence-electron chi connectivity index (χ4n) is 3.79. The molecule has 5 aromatic rings. The molecule has 30 heavy (non-hydrogen) atoms. The van der Waals surface area contributed by atoms with E-state index in [0.29, 0.717) is 5.89 Å². The van der Waals surface area contributed by atoms with Crippen LogP contribution in [-0.4, -0.2) is 4.98 Å². The lowest BCUT2D eigenvalue weighted by Gasteiger charge is -2.15. The fourth-order valence-corrected chi connectivity index (χ4v) is 3.79. The molecule has 5 rings (SSSR count). The molecule has 0 amide bonds. The smallest absolute Gasteiger partial charge is 0.228 e. The number of hydrogen-bond acceptors (Lipinski definition) is 2. The predicted molar refractivity (Wildman–Crippen MR) is 123 cm³/mol. The Morgan fingerprint density at radius 1 is 0.600 bits per heavy atom. The summed E-state index contributed by atoms with van der Waals surface area (Å²) < 4.78 is 6.29. The quantitative estimate of drug-likeness (QED) is 0.306. The van der Waals surface area contributed by atoms with E-state index in [4.69, 9.17) is 9.40 Å². The van der Waals surface area contributed by atoms with Gasteiger partial charge in [-0.1, -0.05) is 97.1 Å². The first-order valence-electron chi connectivity index (χ1n) is 10.1. The van der Waals surface area contributed by atoms with Crippen LogP contribution in [0.15, 0.2) is 114 Å². The molecule has 0 atom stereocenters. The van der Waals surface area contributed by atoms with Crippen molar-refractivity contribution in [2.45, 2.75) is 6.92 Å². The molecule has 0 aliphatic heterocycles. The highest BCUT2D eigenvalue weighted by molar-refractivity contribution is 6.03. The van der Waals surface area contributed by atoms with Gasteiger partial charge in [0, 0.05) is 5.57 Å². The minimum atomic E-state index is 0.629. The average Bonchev–Trinajstić information content (AvgIpc) is 3.21. The van der Waals surface area contributed by atoms with Crippen molar-refractivity contribution >= 4 is 22.2 Å². The zero-order valence-electron chi connectivity index (χ0n) is 16.7. The average molecular weight is 387 g/mol. The second-order valence-electron chi connectivity index (χ2n) is 7.34. The molecule has 144 valence electrons. The molecule has 0 bridgehead atoms. The summed E-state index contributed by atoms with van der Waals surface area (Å²) >= 11 is 0. The summed E-state index contributed by atoms with van der Waals surface area (Å²) in [4.78, 5) is 4.90. The monoisotopic (exact) mass is 387 g/mol. The molecule has 2 heteroatoms. The number of benzene rings is 4. The van der Waals surface area contributed by atoms with E-state index < -0.39 is 0 Å². The number of rotatable bonds is 4. The van der Waals surface area contributed by atoms with E-state index in [1.54, 1.807) is 0 Å². The van der Waals surface area contributed by atoms with E-state index in [1.165, 1.54) is 5.56 Å². The van der Waals surface area contributed by atoms with Crippen molar-refractivity contribution in [2.75, 3.05) is 0 Å². The number of fused-ring (bicyclic) bond motifs is 1. The molecule has 4 aromatic carbocycles. The summed E-state index contributed by atoms with van der Waals surface area (Å²) in [6.45, 7) is 2.07. The zero-order chi connectivity index (χ0) is 20.3. The third-order valence-corrected chi connectivity index (χ3v) is 5.19. The number of aromatic nitrogens is 1. The second kappa shape index (κ2) is 7.84. The third kappa shape index (κ3) is 3.44. The van der Waals surface area contributed by atoms with Crippen molar-refractivity contribution in [3.8, 4) is 0 Å². The third-order valence-electron chi connectivity index (χ3n) is 5.19. The number of hydrogen-bond donors (Lipinski definition) is 0. The van der Waals surface area contributed by atoms with E-state index in [-0.39, 0.29) is 0 Å². The van der Waals surface area contributed by atoms with E-state index in [9.17, 15) is 0 Å². The molecule has 0 unspecified atom stereocenters. The Labute approximate surface area is 176 Å². The van der Waals surface area contributed by atoms with E-state index in [2.05, 4.69) is 91.9 Å². The van der Waals surface area contributed by atoms with Crippen LogP contribution in [0.3, 0.4) is 0 Å². The van der Waals surface area contributed by atoms with Gasteiger partial charge >= 0.3 is 0 Å². The van der Waals surface area contributed by atoms with Gasteiger partial charge in [-0.25, -0.2) is 4.98 Å². The molecule has 1 heterocycles. The molecule has 0 N–H and O–H groups in total. The van der Waals surface area contributed by atoms with Crippen molar-refractivity contribution in [3.63, 3.8) is 0 Å². The van der Waals surface area contributed by atoms with Crippen molar-refractivity contribution < 1.29 is 4.42 Å². The van der Waals surface area contributed by atoms with E-state index >= 15 is 0 Å². The van der Waals surface area contributed by atoms with Crippen LogP contribution < -0.4 is 0 Å². The van der Waals surface area contributed by atoms with Crippen LogP contribution in [0.1, 0.15) is 28.1 Å². The van der Waals surface area contributed by atoms with Gasteiger partial charge in [-0.15, -0.1) is 0 Å². The Balaban J connectivity index is 1.88. The van der Waals surface area contributed by atoms with Gasteiger partial charge in [0.15, 0.2) is 5.58 Å². The second-order valence-corrected chi connectivity index (χ2v) is 7.34. The highest BCUT2D eigenvalue weighted by atomic mass is 16.3. The first kappa shape index (κ1) is 18.1. The van der Waals surface area contributed by atoms with Gasteiger partial charge in [-0.05, 0) is 41.3 Å². The summed E-state index contributed by atoms with van der Waals surface area (Å²) in [5.41, 5.74) is 8.25. The molecule has 0 radical (unpaired) electrons.